The van der Waals surface area contributed by atoms with Crippen LogP contribution in [0.25, 0.3) is 6.08 Å². The van der Waals surface area contributed by atoms with Crippen molar-refractivity contribution in [1.29, 1.82) is 0 Å². The van der Waals surface area contributed by atoms with Crippen LogP contribution in [0.2, 0.25) is 0 Å². The third-order valence-electron chi connectivity index (χ3n) is 4.58. The number of thioether (sulfide) groups is 1. The van der Waals surface area contributed by atoms with Gasteiger partial charge in [0.05, 0.1) is 30.4 Å². The van der Waals surface area contributed by atoms with Gasteiger partial charge in [0.1, 0.15) is 0 Å². The molecule has 10 heteroatoms. The summed E-state index contributed by atoms with van der Waals surface area (Å²) in [6.45, 7) is 1.71. The molecule has 1 unspecified atom stereocenters. The van der Waals surface area contributed by atoms with Crippen molar-refractivity contribution in [1.82, 2.24) is 5.32 Å². The number of aliphatic carboxylic acids is 1. The van der Waals surface area contributed by atoms with Crippen LogP contribution in [0.1, 0.15) is 29.3 Å². The third-order valence-corrected chi connectivity index (χ3v) is 5.49. The van der Waals surface area contributed by atoms with E-state index in [9.17, 15) is 19.5 Å². The zero-order valence-corrected chi connectivity index (χ0v) is 19.0. The molecule has 0 aliphatic carbocycles. The molecule has 0 bridgehead atoms. The Labute approximate surface area is 194 Å². The molecule has 0 saturated carbocycles. The SMILES string of the molecule is CCC(Oc1ccc(/C=C2/SC(=Nc3ccccc3C(=O)OC)NC2=O)cc1OC)C(=O)O. The molecule has 2 aromatic carbocycles. The summed E-state index contributed by atoms with van der Waals surface area (Å²) in [6.07, 6.45) is 0.948. The Hall–Kier alpha value is -3.79. The number of ether oxygens (including phenoxy) is 3. The summed E-state index contributed by atoms with van der Waals surface area (Å²) in [7, 11) is 2.73. The molecule has 1 heterocycles. The van der Waals surface area contributed by atoms with Crippen LogP contribution in [0.3, 0.4) is 0 Å². The minimum atomic E-state index is -1.06. The highest BCUT2D eigenvalue weighted by Gasteiger charge is 2.25. The lowest BCUT2D eigenvalue weighted by molar-refractivity contribution is -0.145. The number of nitrogens with zero attached hydrogens (tertiary/aromatic N) is 1. The number of rotatable bonds is 8. The second-order valence-corrected chi connectivity index (χ2v) is 7.78. The van der Waals surface area contributed by atoms with Gasteiger partial charge >= 0.3 is 11.9 Å². The van der Waals surface area contributed by atoms with E-state index in [1.807, 2.05) is 0 Å². The molecule has 0 radical (unpaired) electrons. The van der Waals surface area contributed by atoms with Crippen molar-refractivity contribution < 1.29 is 33.7 Å². The van der Waals surface area contributed by atoms with Crippen LogP contribution in [0.4, 0.5) is 5.69 Å². The van der Waals surface area contributed by atoms with Gasteiger partial charge in [-0.1, -0.05) is 25.1 Å². The molecule has 3 rings (SSSR count). The number of para-hydroxylation sites is 1. The Morgan fingerprint density at radius 3 is 2.61 bits per heavy atom. The second-order valence-electron chi connectivity index (χ2n) is 6.75. The van der Waals surface area contributed by atoms with E-state index in [2.05, 4.69) is 10.3 Å². The quantitative estimate of drug-likeness (QED) is 0.443. The lowest BCUT2D eigenvalue weighted by atomic mass is 10.1. The van der Waals surface area contributed by atoms with Crippen molar-refractivity contribution in [2.24, 2.45) is 4.99 Å². The lowest BCUT2D eigenvalue weighted by Gasteiger charge is -2.16. The van der Waals surface area contributed by atoms with Crippen LogP contribution >= 0.6 is 11.8 Å². The number of carboxylic acids is 1. The summed E-state index contributed by atoms with van der Waals surface area (Å²) >= 11 is 1.12. The van der Waals surface area contributed by atoms with Crippen LogP contribution < -0.4 is 14.8 Å². The summed E-state index contributed by atoms with van der Waals surface area (Å²) in [4.78, 5) is 40.4. The van der Waals surface area contributed by atoms with Gasteiger partial charge in [0, 0.05) is 0 Å². The molecule has 1 aliphatic heterocycles. The number of nitrogens with one attached hydrogen (secondary N) is 1. The van der Waals surface area contributed by atoms with Gasteiger partial charge in [-0.3, -0.25) is 4.79 Å². The molecule has 33 heavy (non-hydrogen) atoms. The van der Waals surface area contributed by atoms with Crippen molar-refractivity contribution in [3.8, 4) is 11.5 Å². The minimum absolute atomic E-state index is 0.284. The fourth-order valence-electron chi connectivity index (χ4n) is 2.93. The van der Waals surface area contributed by atoms with Crippen LogP contribution in [-0.4, -0.2) is 48.4 Å². The average Bonchev–Trinajstić information content (AvgIpc) is 3.15. The smallest absolute Gasteiger partial charge is 0.344 e. The molecule has 1 amide bonds. The number of benzene rings is 2. The van der Waals surface area contributed by atoms with E-state index < -0.39 is 18.0 Å². The van der Waals surface area contributed by atoms with Gasteiger partial charge in [0.2, 0.25) is 0 Å². The third kappa shape index (κ3) is 5.72. The summed E-state index contributed by atoms with van der Waals surface area (Å²) in [5, 5.41) is 12.2. The molecule has 172 valence electrons. The zero-order valence-electron chi connectivity index (χ0n) is 18.2. The molecule has 1 aliphatic rings. The van der Waals surface area contributed by atoms with Crippen molar-refractivity contribution in [2.75, 3.05) is 14.2 Å². The summed E-state index contributed by atoms with van der Waals surface area (Å²) in [6, 6.07) is 11.6. The van der Waals surface area contributed by atoms with Crippen molar-refractivity contribution in [3.05, 3.63) is 58.5 Å². The first-order valence-corrected chi connectivity index (χ1v) is 10.7. The number of hydrogen-bond acceptors (Lipinski definition) is 8. The van der Waals surface area contributed by atoms with Crippen LogP contribution in [0, 0.1) is 0 Å². The molecular formula is C23H22N2O7S. The van der Waals surface area contributed by atoms with E-state index in [0.717, 1.165) is 11.8 Å². The number of hydrogen-bond donors (Lipinski definition) is 2. The highest BCUT2D eigenvalue weighted by molar-refractivity contribution is 8.18. The number of carbonyl (C=O) groups excluding carboxylic acids is 2. The Kier molecular flexibility index (Phi) is 7.73. The number of aliphatic imine (C=N–C) groups is 1. The highest BCUT2D eigenvalue weighted by Crippen LogP contribution is 2.33. The fourth-order valence-corrected chi connectivity index (χ4v) is 3.76. The normalized spacial score (nSPS) is 16.4. The standard InChI is InChI=1S/C23H22N2O7S/c1-4-16(21(27)28)32-17-10-9-13(11-18(17)30-2)12-19-20(26)25-23(33-19)24-15-8-6-5-7-14(15)22(29)31-3/h5-12,16H,4H2,1-3H3,(H,27,28)(H,24,25,26)/b19-12+. The van der Waals surface area contributed by atoms with E-state index >= 15 is 0 Å². The maximum absolute atomic E-state index is 12.4. The van der Waals surface area contributed by atoms with E-state index in [-0.39, 0.29) is 11.5 Å². The van der Waals surface area contributed by atoms with Crippen LogP contribution in [0.5, 0.6) is 11.5 Å². The summed E-state index contributed by atoms with van der Waals surface area (Å²) in [5.41, 5.74) is 1.31. The molecule has 0 spiro atoms. The van der Waals surface area contributed by atoms with Gasteiger partial charge in [-0.25, -0.2) is 14.6 Å². The summed E-state index contributed by atoms with van der Waals surface area (Å²) in [5.74, 6) is -1.30. The number of carbonyl (C=O) groups is 3. The van der Waals surface area contributed by atoms with Gasteiger partial charge in [0.15, 0.2) is 22.8 Å². The largest absolute Gasteiger partial charge is 0.493 e. The number of amides is 1. The molecule has 1 atom stereocenters. The minimum Gasteiger partial charge on any atom is -0.493 e. The molecule has 2 N–H and O–H groups in total. The molecule has 0 aromatic heterocycles. The van der Waals surface area contributed by atoms with Crippen LogP contribution in [-0.2, 0) is 14.3 Å². The van der Waals surface area contributed by atoms with E-state index in [1.54, 1.807) is 55.5 Å². The highest BCUT2D eigenvalue weighted by atomic mass is 32.2. The van der Waals surface area contributed by atoms with Crippen molar-refractivity contribution >= 4 is 46.5 Å². The fraction of sp³-hybridized carbons (Fsp3) is 0.217. The van der Waals surface area contributed by atoms with Crippen molar-refractivity contribution in [2.45, 2.75) is 19.4 Å². The Morgan fingerprint density at radius 1 is 1.18 bits per heavy atom. The number of methoxy groups -OCH3 is 2. The van der Waals surface area contributed by atoms with Gasteiger partial charge in [-0.15, -0.1) is 0 Å². The first-order chi connectivity index (χ1) is 15.9. The molecule has 9 nitrogen and oxygen atoms in total. The maximum atomic E-state index is 12.4. The molecular weight excluding hydrogens is 448 g/mol. The monoisotopic (exact) mass is 470 g/mol. The van der Waals surface area contributed by atoms with Gasteiger partial charge < -0.3 is 24.6 Å². The first kappa shape index (κ1) is 23.9. The van der Waals surface area contributed by atoms with Crippen molar-refractivity contribution in [3.63, 3.8) is 0 Å². The maximum Gasteiger partial charge on any atom is 0.344 e. The van der Waals surface area contributed by atoms with Gasteiger partial charge in [0.25, 0.3) is 5.91 Å². The number of amidine groups is 1. The Bertz CT molecular complexity index is 1140. The lowest BCUT2D eigenvalue weighted by Crippen LogP contribution is -2.26. The molecule has 2 aromatic rings. The Morgan fingerprint density at radius 2 is 1.94 bits per heavy atom. The second kappa shape index (κ2) is 10.7. The Balaban J connectivity index is 1.84. The predicted molar refractivity (Wildman–Crippen MR) is 124 cm³/mol. The zero-order chi connectivity index (χ0) is 24.0. The molecule has 1 saturated heterocycles. The van der Waals surface area contributed by atoms with E-state index in [1.165, 1.54) is 14.2 Å². The van der Waals surface area contributed by atoms with Gasteiger partial charge in [-0.05, 0) is 54.1 Å². The summed E-state index contributed by atoms with van der Waals surface area (Å²) < 4.78 is 15.6. The topological polar surface area (TPSA) is 124 Å². The van der Waals surface area contributed by atoms with E-state index in [0.29, 0.717) is 39.2 Å². The predicted octanol–water partition coefficient (Wildman–Crippen LogP) is 3.62. The number of carboxylic acid groups (broad SMARTS) is 1. The van der Waals surface area contributed by atoms with Crippen LogP contribution in [0.15, 0.2) is 52.4 Å². The van der Waals surface area contributed by atoms with E-state index in [4.69, 9.17) is 14.2 Å². The number of esters is 1. The molecule has 1 fully saturated rings. The average molecular weight is 471 g/mol. The first-order valence-electron chi connectivity index (χ1n) is 9.90. The van der Waals surface area contributed by atoms with Gasteiger partial charge in [-0.2, -0.15) is 0 Å².